The van der Waals surface area contributed by atoms with E-state index >= 15 is 0 Å². The zero-order valence-corrected chi connectivity index (χ0v) is 9.87. The number of carbonyl (C=O) groups is 1. The van der Waals surface area contributed by atoms with E-state index < -0.39 is 14.0 Å². The van der Waals surface area contributed by atoms with Crippen molar-refractivity contribution in [2.24, 2.45) is 0 Å². The summed E-state index contributed by atoms with van der Waals surface area (Å²) in [6, 6.07) is 7.87. The van der Waals surface area contributed by atoms with E-state index in [1.807, 2.05) is 18.2 Å². The highest BCUT2D eigenvalue weighted by molar-refractivity contribution is 6.89. The van der Waals surface area contributed by atoms with Crippen molar-refractivity contribution in [2.75, 3.05) is 0 Å². The van der Waals surface area contributed by atoms with Crippen molar-refractivity contribution in [2.45, 2.75) is 26.1 Å². The van der Waals surface area contributed by atoms with E-state index in [-0.39, 0.29) is 6.42 Å². The van der Waals surface area contributed by atoms with E-state index in [2.05, 4.69) is 25.7 Å². The summed E-state index contributed by atoms with van der Waals surface area (Å²) in [6.45, 7) is 6.69. The molecule has 1 aromatic rings. The van der Waals surface area contributed by atoms with Crippen LogP contribution in [-0.2, 0) is 11.2 Å². The molecule has 0 aliphatic carbocycles. The van der Waals surface area contributed by atoms with Gasteiger partial charge in [0, 0.05) is 0 Å². The Labute approximate surface area is 85.6 Å². The Morgan fingerprint density at radius 1 is 1.29 bits per heavy atom. The summed E-state index contributed by atoms with van der Waals surface area (Å²) in [5, 5.41) is 10.0. The van der Waals surface area contributed by atoms with Gasteiger partial charge in [0.2, 0.25) is 0 Å². The van der Waals surface area contributed by atoms with Gasteiger partial charge >= 0.3 is 5.97 Å². The molecule has 0 spiro atoms. The van der Waals surface area contributed by atoms with Crippen molar-refractivity contribution in [1.82, 2.24) is 0 Å². The lowest BCUT2D eigenvalue weighted by Crippen LogP contribution is -2.40. The SMILES string of the molecule is C[Si](C)(C)c1ccccc1CC(=O)O. The number of rotatable bonds is 3. The monoisotopic (exact) mass is 208 g/mol. The van der Waals surface area contributed by atoms with Gasteiger partial charge in [-0.15, -0.1) is 0 Å². The van der Waals surface area contributed by atoms with Crippen molar-refractivity contribution in [3.63, 3.8) is 0 Å². The Balaban J connectivity index is 3.10. The first-order valence-electron chi connectivity index (χ1n) is 4.71. The predicted octanol–water partition coefficient (Wildman–Crippen LogP) is 1.86. The molecule has 0 aliphatic rings. The van der Waals surface area contributed by atoms with Gasteiger partial charge in [0.1, 0.15) is 0 Å². The number of hydrogen-bond acceptors (Lipinski definition) is 1. The first-order chi connectivity index (χ1) is 6.41. The van der Waals surface area contributed by atoms with Gasteiger partial charge in [0.15, 0.2) is 0 Å². The molecule has 0 fully saturated rings. The fourth-order valence-electron chi connectivity index (χ4n) is 1.57. The minimum Gasteiger partial charge on any atom is -0.481 e. The quantitative estimate of drug-likeness (QED) is 0.770. The second-order valence-corrected chi connectivity index (χ2v) is 9.52. The van der Waals surface area contributed by atoms with Gasteiger partial charge in [0.25, 0.3) is 0 Å². The molecule has 76 valence electrons. The van der Waals surface area contributed by atoms with Crippen molar-refractivity contribution in [1.29, 1.82) is 0 Å². The zero-order valence-electron chi connectivity index (χ0n) is 8.87. The van der Waals surface area contributed by atoms with Crippen LogP contribution in [0.15, 0.2) is 24.3 Å². The lowest BCUT2D eigenvalue weighted by atomic mass is 10.1. The number of carboxylic acids is 1. The summed E-state index contributed by atoms with van der Waals surface area (Å²) in [7, 11) is -1.41. The zero-order chi connectivity index (χ0) is 10.8. The summed E-state index contributed by atoms with van der Waals surface area (Å²) in [5.74, 6) is -0.754. The van der Waals surface area contributed by atoms with Crippen LogP contribution in [0.4, 0.5) is 0 Å². The van der Waals surface area contributed by atoms with Crippen LogP contribution >= 0.6 is 0 Å². The Morgan fingerprint density at radius 2 is 1.86 bits per heavy atom. The molecule has 1 N–H and O–H groups in total. The van der Waals surface area contributed by atoms with Crippen LogP contribution in [0.1, 0.15) is 5.56 Å². The largest absolute Gasteiger partial charge is 0.481 e. The standard InChI is InChI=1S/C11H16O2Si/c1-14(2,3)10-7-5-4-6-9(10)8-11(12)13/h4-7H,8H2,1-3H3,(H,12,13). The molecule has 0 aromatic heterocycles. The van der Waals surface area contributed by atoms with Gasteiger partial charge < -0.3 is 5.11 Å². The maximum atomic E-state index is 10.7. The lowest BCUT2D eigenvalue weighted by molar-refractivity contribution is -0.136. The third-order valence-electron chi connectivity index (χ3n) is 2.17. The van der Waals surface area contributed by atoms with E-state index in [1.165, 1.54) is 5.19 Å². The molecule has 0 heterocycles. The fraction of sp³-hybridized carbons (Fsp3) is 0.364. The van der Waals surface area contributed by atoms with Crippen molar-refractivity contribution in [3.05, 3.63) is 29.8 Å². The molecule has 1 aromatic carbocycles. The third kappa shape index (κ3) is 2.70. The highest BCUT2D eigenvalue weighted by Gasteiger charge is 2.20. The third-order valence-corrected chi connectivity index (χ3v) is 4.27. The summed E-state index contributed by atoms with van der Waals surface area (Å²) in [5.41, 5.74) is 0.971. The predicted molar refractivity (Wildman–Crippen MR) is 60.8 cm³/mol. The molecule has 0 saturated carbocycles. The van der Waals surface area contributed by atoms with Crippen molar-refractivity contribution >= 4 is 19.2 Å². The Hall–Kier alpha value is -1.09. The normalized spacial score (nSPS) is 11.4. The van der Waals surface area contributed by atoms with Crippen LogP contribution in [0.5, 0.6) is 0 Å². The van der Waals surface area contributed by atoms with Crippen LogP contribution < -0.4 is 5.19 Å². The molecule has 0 aliphatic heterocycles. The Morgan fingerprint density at radius 3 is 2.36 bits per heavy atom. The topological polar surface area (TPSA) is 37.3 Å². The molecule has 0 radical (unpaired) electrons. The maximum Gasteiger partial charge on any atom is 0.307 e. The Kier molecular flexibility index (Phi) is 3.11. The average molecular weight is 208 g/mol. The molecule has 0 unspecified atom stereocenters. The summed E-state index contributed by atoms with van der Waals surface area (Å²) < 4.78 is 0. The first-order valence-corrected chi connectivity index (χ1v) is 8.21. The number of benzene rings is 1. The van der Waals surface area contributed by atoms with Gasteiger partial charge in [-0.1, -0.05) is 49.1 Å². The highest BCUT2D eigenvalue weighted by Crippen LogP contribution is 2.07. The molecule has 0 amide bonds. The Bertz CT molecular complexity index is 339. The average Bonchev–Trinajstić information content (AvgIpc) is 2.01. The smallest absolute Gasteiger partial charge is 0.307 e. The second-order valence-electron chi connectivity index (χ2n) is 4.48. The lowest BCUT2D eigenvalue weighted by Gasteiger charge is -2.20. The molecule has 1 rings (SSSR count). The molecular weight excluding hydrogens is 192 g/mol. The molecule has 2 nitrogen and oxygen atoms in total. The van der Waals surface area contributed by atoms with Crippen LogP contribution in [0.2, 0.25) is 19.6 Å². The summed E-state index contributed by atoms with van der Waals surface area (Å²) >= 11 is 0. The maximum absolute atomic E-state index is 10.7. The molecule has 0 saturated heterocycles. The van der Waals surface area contributed by atoms with Crippen molar-refractivity contribution in [3.8, 4) is 0 Å². The first kappa shape index (κ1) is 11.0. The summed E-state index contributed by atoms with van der Waals surface area (Å²) in [4.78, 5) is 10.7. The van der Waals surface area contributed by atoms with Gasteiger partial charge in [0.05, 0.1) is 14.5 Å². The van der Waals surface area contributed by atoms with Gasteiger partial charge in [-0.05, 0) is 5.56 Å². The van der Waals surface area contributed by atoms with E-state index in [4.69, 9.17) is 5.11 Å². The van der Waals surface area contributed by atoms with Crippen LogP contribution in [0.25, 0.3) is 0 Å². The van der Waals surface area contributed by atoms with Crippen LogP contribution in [0.3, 0.4) is 0 Å². The van der Waals surface area contributed by atoms with Crippen LogP contribution in [-0.4, -0.2) is 19.1 Å². The number of hydrogen-bond donors (Lipinski definition) is 1. The minimum absolute atomic E-state index is 0.139. The molecule has 0 bridgehead atoms. The van der Waals surface area contributed by atoms with Gasteiger partial charge in [-0.2, -0.15) is 0 Å². The molecule has 3 heteroatoms. The van der Waals surface area contributed by atoms with Crippen molar-refractivity contribution < 1.29 is 9.90 Å². The van der Waals surface area contributed by atoms with Crippen LogP contribution in [0, 0.1) is 0 Å². The highest BCUT2D eigenvalue weighted by atomic mass is 28.3. The van der Waals surface area contributed by atoms with Gasteiger partial charge in [-0.3, -0.25) is 4.79 Å². The number of carboxylic acid groups (broad SMARTS) is 1. The number of aliphatic carboxylic acids is 1. The van der Waals surface area contributed by atoms with E-state index in [9.17, 15) is 4.79 Å². The van der Waals surface area contributed by atoms with E-state index in [1.54, 1.807) is 0 Å². The van der Waals surface area contributed by atoms with E-state index in [0.29, 0.717) is 0 Å². The second kappa shape index (κ2) is 3.96. The molecule has 0 atom stereocenters. The molecular formula is C11H16O2Si. The minimum atomic E-state index is -1.41. The van der Waals surface area contributed by atoms with Gasteiger partial charge in [-0.25, -0.2) is 0 Å². The fourth-order valence-corrected chi connectivity index (χ4v) is 3.30. The van der Waals surface area contributed by atoms with E-state index in [0.717, 1.165) is 5.56 Å². The molecule has 14 heavy (non-hydrogen) atoms. The summed E-state index contributed by atoms with van der Waals surface area (Å²) in [6.07, 6.45) is 0.139.